The van der Waals surface area contributed by atoms with E-state index in [0.29, 0.717) is 6.04 Å². The Morgan fingerprint density at radius 1 is 1.29 bits per heavy atom. The van der Waals surface area contributed by atoms with Gasteiger partial charge in [-0.3, -0.25) is 0 Å². The molecule has 2 nitrogen and oxygen atoms in total. The van der Waals surface area contributed by atoms with E-state index in [2.05, 4.69) is 54.8 Å². The average Bonchev–Trinajstić information content (AvgIpc) is 2.83. The molecule has 1 aliphatic heterocycles. The van der Waals surface area contributed by atoms with Crippen LogP contribution in [0.3, 0.4) is 0 Å². The second-order valence-electron chi connectivity index (χ2n) is 4.93. The number of nitrogens with zero attached hydrogens (tertiary/aromatic N) is 1. The van der Waals surface area contributed by atoms with E-state index in [0.717, 1.165) is 19.0 Å². The zero-order chi connectivity index (χ0) is 12.3. The number of thioether (sulfide) groups is 1. The van der Waals surface area contributed by atoms with Gasteiger partial charge in [0.2, 0.25) is 0 Å². The van der Waals surface area contributed by atoms with E-state index < -0.39 is 0 Å². The van der Waals surface area contributed by atoms with Crippen molar-refractivity contribution < 1.29 is 0 Å². The molecule has 0 aromatic heterocycles. The summed E-state index contributed by atoms with van der Waals surface area (Å²) in [4.78, 5) is 3.70. The first kappa shape index (κ1) is 12.9. The van der Waals surface area contributed by atoms with Crippen molar-refractivity contribution in [2.45, 2.75) is 17.4 Å². The van der Waals surface area contributed by atoms with Gasteiger partial charge in [-0.25, -0.2) is 0 Å². The van der Waals surface area contributed by atoms with E-state index in [-0.39, 0.29) is 0 Å². The minimum absolute atomic E-state index is 0.543. The van der Waals surface area contributed by atoms with E-state index in [4.69, 9.17) is 0 Å². The fraction of sp³-hybridized carbons (Fsp3) is 0.571. The third-order valence-electron chi connectivity index (χ3n) is 3.56. The molecule has 1 N–H and O–H groups in total. The third kappa shape index (κ3) is 3.03. The van der Waals surface area contributed by atoms with Crippen LogP contribution in [0.25, 0.3) is 0 Å². The smallest absolute Gasteiger partial charge is 0.0382 e. The first-order valence-corrected chi connectivity index (χ1v) is 7.46. The van der Waals surface area contributed by atoms with Gasteiger partial charge in [-0.15, -0.1) is 11.8 Å². The maximum atomic E-state index is 3.47. The van der Waals surface area contributed by atoms with Crippen LogP contribution >= 0.6 is 11.8 Å². The summed E-state index contributed by atoms with van der Waals surface area (Å²) >= 11 is 1.80. The molecule has 0 aliphatic carbocycles. The summed E-state index contributed by atoms with van der Waals surface area (Å²) in [6, 6.07) is 9.59. The number of benzene rings is 1. The third-order valence-corrected chi connectivity index (χ3v) is 4.30. The van der Waals surface area contributed by atoms with Gasteiger partial charge in [0.1, 0.15) is 0 Å². The lowest BCUT2D eigenvalue weighted by molar-refractivity contribution is 0.223. The minimum Gasteiger partial charge on any atom is -0.316 e. The second-order valence-corrected chi connectivity index (χ2v) is 5.81. The summed E-state index contributed by atoms with van der Waals surface area (Å²) in [5.74, 6) is 0.741. The molecular weight excluding hydrogens is 228 g/mol. The molecule has 0 radical (unpaired) electrons. The molecule has 1 aromatic carbocycles. The first-order chi connectivity index (χ1) is 8.22. The van der Waals surface area contributed by atoms with Gasteiger partial charge in [-0.1, -0.05) is 12.1 Å². The Kier molecular flexibility index (Phi) is 4.48. The molecule has 1 heterocycles. The number of hydrogen-bond donors (Lipinski definition) is 1. The van der Waals surface area contributed by atoms with Crippen molar-refractivity contribution in [1.82, 2.24) is 10.2 Å². The van der Waals surface area contributed by atoms with Gasteiger partial charge in [0.15, 0.2) is 0 Å². The maximum absolute atomic E-state index is 3.47. The van der Waals surface area contributed by atoms with Gasteiger partial charge in [0.05, 0.1) is 0 Å². The van der Waals surface area contributed by atoms with Crippen LogP contribution in [0.2, 0.25) is 0 Å². The Hall–Kier alpha value is -0.510. The SMILES string of the molecule is CSc1ccc(C(C2CCNC2)N(C)C)cc1. The average molecular weight is 250 g/mol. The van der Waals surface area contributed by atoms with Crippen molar-refractivity contribution in [2.75, 3.05) is 33.4 Å². The molecule has 1 aromatic rings. The predicted molar refractivity (Wildman–Crippen MR) is 75.6 cm³/mol. The Balaban J connectivity index is 2.19. The highest BCUT2D eigenvalue weighted by atomic mass is 32.2. The molecule has 2 unspecified atom stereocenters. The molecule has 0 bridgehead atoms. The van der Waals surface area contributed by atoms with Crippen LogP contribution in [0.4, 0.5) is 0 Å². The zero-order valence-electron chi connectivity index (χ0n) is 10.9. The van der Waals surface area contributed by atoms with Crippen LogP contribution in [0.15, 0.2) is 29.2 Å². The van der Waals surface area contributed by atoms with Crippen LogP contribution in [0, 0.1) is 5.92 Å². The predicted octanol–water partition coefficient (Wildman–Crippen LogP) is 2.62. The Labute approximate surface area is 109 Å². The van der Waals surface area contributed by atoms with Gasteiger partial charge in [0.25, 0.3) is 0 Å². The van der Waals surface area contributed by atoms with Gasteiger partial charge < -0.3 is 10.2 Å². The van der Waals surface area contributed by atoms with Crippen molar-refractivity contribution in [1.29, 1.82) is 0 Å². The summed E-state index contributed by atoms with van der Waals surface area (Å²) in [5.41, 5.74) is 1.45. The van der Waals surface area contributed by atoms with Gasteiger partial charge in [0, 0.05) is 10.9 Å². The van der Waals surface area contributed by atoms with Gasteiger partial charge in [-0.05, 0) is 63.5 Å². The van der Waals surface area contributed by atoms with Crippen molar-refractivity contribution in [3.63, 3.8) is 0 Å². The van der Waals surface area contributed by atoms with E-state index in [1.54, 1.807) is 11.8 Å². The molecule has 1 fully saturated rings. The number of nitrogens with one attached hydrogen (secondary N) is 1. The Morgan fingerprint density at radius 3 is 2.47 bits per heavy atom. The van der Waals surface area contributed by atoms with Crippen LogP contribution in [-0.2, 0) is 0 Å². The summed E-state index contributed by atoms with van der Waals surface area (Å²) in [5, 5.41) is 3.47. The van der Waals surface area contributed by atoms with Crippen LogP contribution in [0.5, 0.6) is 0 Å². The molecule has 0 amide bonds. The number of rotatable bonds is 4. The maximum Gasteiger partial charge on any atom is 0.0382 e. The lowest BCUT2D eigenvalue weighted by Gasteiger charge is -2.30. The molecule has 1 aliphatic rings. The van der Waals surface area contributed by atoms with E-state index in [9.17, 15) is 0 Å². The van der Waals surface area contributed by atoms with Crippen molar-refractivity contribution in [2.24, 2.45) is 5.92 Å². The summed E-state index contributed by atoms with van der Waals surface area (Å²) in [6.07, 6.45) is 3.41. The molecule has 17 heavy (non-hydrogen) atoms. The largest absolute Gasteiger partial charge is 0.316 e. The zero-order valence-corrected chi connectivity index (χ0v) is 11.8. The standard InChI is InChI=1S/C14H22N2S/c1-16(2)14(12-8-9-15-10-12)11-4-6-13(17-3)7-5-11/h4-7,12,14-15H,8-10H2,1-3H3. The van der Waals surface area contributed by atoms with Crippen molar-refractivity contribution in [3.05, 3.63) is 29.8 Å². The molecule has 0 spiro atoms. The van der Waals surface area contributed by atoms with Gasteiger partial charge in [-0.2, -0.15) is 0 Å². The van der Waals surface area contributed by atoms with Crippen LogP contribution < -0.4 is 5.32 Å². The molecule has 94 valence electrons. The fourth-order valence-corrected chi connectivity index (χ4v) is 3.15. The highest BCUT2D eigenvalue weighted by Crippen LogP contribution is 2.31. The van der Waals surface area contributed by atoms with E-state index in [1.807, 2.05) is 0 Å². The second kappa shape index (κ2) is 5.89. The molecule has 2 rings (SSSR count). The monoisotopic (exact) mass is 250 g/mol. The lowest BCUT2D eigenvalue weighted by atomic mass is 9.91. The molecule has 0 saturated carbocycles. The van der Waals surface area contributed by atoms with E-state index >= 15 is 0 Å². The summed E-state index contributed by atoms with van der Waals surface area (Å²) < 4.78 is 0. The fourth-order valence-electron chi connectivity index (χ4n) is 2.74. The molecule has 1 saturated heterocycles. The highest BCUT2D eigenvalue weighted by Gasteiger charge is 2.27. The topological polar surface area (TPSA) is 15.3 Å². The first-order valence-electron chi connectivity index (χ1n) is 6.23. The Bertz CT molecular complexity index is 342. The summed E-state index contributed by atoms with van der Waals surface area (Å²) in [6.45, 7) is 2.31. The molecular formula is C14H22N2S. The van der Waals surface area contributed by atoms with Crippen molar-refractivity contribution >= 4 is 11.8 Å². The van der Waals surface area contributed by atoms with Crippen LogP contribution in [0.1, 0.15) is 18.0 Å². The van der Waals surface area contributed by atoms with Gasteiger partial charge >= 0.3 is 0 Å². The Morgan fingerprint density at radius 2 is 2.00 bits per heavy atom. The number of hydrogen-bond acceptors (Lipinski definition) is 3. The molecule has 3 heteroatoms. The lowest BCUT2D eigenvalue weighted by Crippen LogP contribution is -2.28. The minimum atomic E-state index is 0.543. The normalized spacial score (nSPS) is 22.0. The van der Waals surface area contributed by atoms with Crippen molar-refractivity contribution in [3.8, 4) is 0 Å². The quantitative estimate of drug-likeness (QED) is 0.827. The van der Waals surface area contributed by atoms with E-state index in [1.165, 1.54) is 16.9 Å². The highest BCUT2D eigenvalue weighted by molar-refractivity contribution is 7.98. The summed E-state index contributed by atoms with van der Waals surface area (Å²) in [7, 11) is 4.37. The van der Waals surface area contributed by atoms with Crippen LogP contribution in [-0.4, -0.2) is 38.3 Å². The molecule has 2 atom stereocenters.